The normalized spacial score (nSPS) is 20.9. The molecule has 0 saturated carbocycles. The predicted molar refractivity (Wildman–Crippen MR) is 115 cm³/mol. The van der Waals surface area contributed by atoms with Gasteiger partial charge in [-0.25, -0.2) is 5.43 Å². The highest BCUT2D eigenvalue weighted by Gasteiger charge is 2.43. The standard InChI is InChI=1S/C22H32N6O3/c1-25-8-5-6-19(21(25)24-23-16-29)22(31)28-14-18(15-28)17-12-27(13-17)20(30)7-11-26-9-3-2-4-10-26/h5-6,8,16-18H,2-4,7,9-15H2,1H3,(H,23,29)/b24-21-. The van der Waals surface area contributed by atoms with E-state index >= 15 is 0 Å². The quantitative estimate of drug-likeness (QED) is 0.489. The molecule has 0 atom stereocenters. The highest BCUT2D eigenvalue weighted by atomic mass is 16.2. The summed E-state index contributed by atoms with van der Waals surface area (Å²) in [7, 11) is 1.78. The molecule has 0 spiro atoms. The lowest BCUT2D eigenvalue weighted by atomic mass is 9.80. The number of hydrogen-bond donors (Lipinski definition) is 1. The van der Waals surface area contributed by atoms with E-state index in [9.17, 15) is 14.4 Å². The maximum atomic E-state index is 12.9. The van der Waals surface area contributed by atoms with Crippen LogP contribution in [0.5, 0.6) is 0 Å². The van der Waals surface area contributed by atoms with Crippen LogP contribution in [-0.2, 0) is 16.6 Å². The molecule has 0 unspecified atom stereocenters. The Morgan fingerprint density at radius 3 is 2.45 bits per heavy atom. The van der Waals surface area contributed by atoms with E-state index in [-0.39, 0.29) is 11.8 Å². The van der Waals surface area contributed by atoms with Crippen LogP contribution in [0.3, 0.4) is 0 Å². The summed E-state index contributed by atoms with van der Waals surface area (Å²) in [6, 6.07) is 3.52. The van der Waals surface area contributed by atoms with Crippen LogP contribution in [0.15, 0.2) is 23.4 Å². The molecule has 4 rings (SSSR count). The molecular weight excluding hydrogens is 396 g/mol. The van der Waals surface area contributed by atoms with Gasteiger partial charge in [0, 0.05) is 64.2 Å². The van der Waals surface area contributed by atoms with E-state index in [1.165, 1.54) is 19.3 Å². The molecule has 3 aliphatic rings. The van der Waals surface area contributed by atoms with Crippen molar-refractivity contribution in [2.75, 3.05) is 45.8 Å². The van der Waals surface area contributed by atoms with E-state index in [0.29, 0.717) is 48.8 Å². The van der Waals surface area contributed by atoms with E-state index in [4.69, 9.17) is 0 Å². The monoisotopic (exact) mass is 428 g/mol. The van der Waals surface area contributed by atoms with Gasteiger partial charge in [0.25, 0.3) is 5.91 Å². The van der Waals surface area contributed by atoms with Crippen molar-refractivity contribution >= 4 is 18.2 Å². The summed E-state index contributed by atoms with van der Waals surface area (Å²) in [5.74, 6) is 1.12. The second kappa shape index (κ2) is 9.64. The Balaban J connectivity index is 1.23. The Morgan fingerprint density at radius 2 is 1.77 bits per heavy atom. The van der Waals surface area contributed by atoms with Crippen molar-refractivity contribution in [3.63, 3.8) is 0 Å². The van der Waals surface area contributed by atoms with Gasteiger partial charge in [-0.1, -0.05) is 6.42 Å². The number of nitrogens with zero attached hydrogens (tertiary/aromatic N) is 5. The smallest absolute Gasteiger partial charge is 0.257 e. The summed E-state index contributed by atoms with van der Waals surface area (Å²) >= 11 is 0. The first-order chi connectivity index (χ1) is 15.1. The first kappa shape index (κ1) is 21.5. The van der Waals surface area contributed by atoms with Gasteiger partial charge in [-0.05, 0) is 38.1 Å². The number of carbonyl (C=O) groups is 3. The Kier molecular flexibility index (Phi) is 6.70. The van der Waals surface area contributed by atoms with E-state index < -0.39 is 0 Å². The van der Waals surface area contributed by atoms with Crippen LogP contribution in [0.4, 0.5) is 0 Å². The number of likely N-dealkylation sites (tertiary alicyclic amines) is 3. The van der Waals surface area contributed by atoms with Gasteiger partial charge in [0.2, 0.25) is 12.3 Å². The van der Waals surface area contributed by atoms with Gasteiger partial charge in [0.05, 0.1) is 5.56 Å². The number of pyridine rings is 1. The van der Waals surface area contributed by atoms with Gasteiger partial charge < -0.3 is 19.3 Å². The molecule has 4 heterocycles. The number of amides is 3. The summed E-state index contributed by atoms with van der Waals surface area (Å²) in [6.07, 6.45) is 6.70. The lowest BCUT2D eigenvalue weighted by Crippen LogP contribution is -2.62. The molecule has 3 amide bonds. The fourth-order valence-electron chi connectivity index (χ4n) is 4.75. The molecule has 3 fully saturated rings. The minimum Gasteiger partial charge on any atom is -0.342 e. The first-order valence-corrected chi connectivity index (χ1v) is 11.2. The second-order valence-electron chi connectivity index (χ2n) is 8.90. The number of aromatic nitrogens is 1. The Hall–Kier alpha value is -2.68. The molecule has 9 heteroatoms. The molecule has 3 aliphatic heterocycles. The number of piperidine rings is 1. The van der Waals surface area contributed by atoms with Crippen molar-refractivity contribution in [3.05, 3.63) is 29.4 Å². The van der Waals surface area contributed by atoms with Crippen LogP contribution in [0, 0.1) is 11.8 Å². The van der Waals surface area contributed by atoms with Gasteiger partial charge >= 0.3 is 0 Å². The molecule has 31 heavy (non-hydrogen) atoms. The van der Waals surface area contributed by atoms with E-state index in [2.05, 4.69) is 15.4 Å². The summed E-state index contributed by atoms with van der Waals surface area (Å²) < 4.78 is 1.71. The molecule has 9 nitrogen and oxygen atoms in total. The number of hydrogen-bond acceptors (Lipinski definition) is 5. The Morgan fingerprint density at radius 1 is 1.10 bits per heavy atom. The lowest BCUT2D eigenvalue weighted by Gasteiger charge is -2.50. The SMILES string of the molecule is Cn1cccc(C(=O)N2CC(C3CN(C(=O)CCN4CCCCC4)C3)C2)/c1=N/NC=O. The number of carbonyl (C=O) groups excluding carboxylic acids is 3. The average Bonchev–Trinajstić information content (AvgIpc) is 2.72. The van der Waals surface area contributed by atoms with E-state index in [1.54, 1.807) is 29.9 Å². The molecule has 0 aromatic carbocycles. The van der Waals surface area contributed by atoms with Crippen LogP contribution < -0.4 is 10.9 Å². The van der Waals surface area contributed by atoms with Crippen molar-refractivity contribution in [2.45, 2.75) is 25.7 Å². The summed E-state index contributed by atoms with van der Waals surface area (Å²) in [5, 5.41) is 4.00. The molecular formula is C22H32N6O3. The highest BCUT2D eigenvalue weighted by Crippen LogP contribution is 2.32. The molecule has 1 N–H and O–H groups in total. The number of rotatable bonds is 7. The third kappa shape index (κ3) is 4.81. The third-order valence-electron chi connectivity index (χ3n) is 6.82. The zero-order valence-corrected chi connectivity index (χ0v) is 18.2. The summed E-state index contributed by atoms with van der Waals surface area (Å²) in [6.45, 7) is 6.18. The first-order valence-electron chi connectivity index (χ1n) is 11.2. The van der Waals surface area contributed by atoms with Crippen molar-refractivity contribution in [3.8, 4) is 0 Å². The maximum absolute atomic E-state index is 12.9. The van der Waals surface area contributed by atoms with Crippen LogP contribution in [0.2, 0.25) is 0 Å². The van der Waals surface area contributed by atoms with Crippen molar-refractivity contribution < 1.29 is 14.4 Å². The van der Waals surface area contributed by atoms with Gasteiger partial charge in [0.15, 0.2) is 5.49 Å². The Labute approximate surface area is 182 Å². The molecule has 0 aliphatic carbocycles. The zero-order chi connectivity index (χ0) is 21.8. The average molecular weight is 429 g/mol. The fraction of sp³-hybridized carbons (Fsp3) is 0.636. The predicted octanol–water partition coefficient (Wildman–Crippen LogP) is -0.00680. The van der Waals surface area contributed by atoms with Crippen molar-refractivity contribution in [2.24, 2.45) is 24.0 Å². The zero-order valence-electron chi connectivity index (χ0n) is 18.2. The molecule has 1 aromatic heterocycles. The van der Waals surface area contributed by atoms with Crippen molar-refractivity contribution in [1.29, 1.82) is 0 Å². The Bertz CT molecular complexity index is 879. The van der Waals surface area contributed by atoms with Crippen LogP contribution in [0.1, 0.15) is 36.0 Å². The lowest BCUT2D eigenvalue weighted by molar-refractivity contribution is -0.141. The minimum atomic E-state index is -0.0762. The molecule has 168 valence electrons. The maximum Gasteiger partial charge on any atom is 0.257 e. The van der Waals surface area contributed by atoms with E-state index in [1.807, 2.05) is 9.80 Å². The molecule has 0 bridgehead atoms. The summed E-state index contributed by atoms with van der Waals surface area (Å²) in [5.41, 5.74) is 3.18. The molecule has 0 radical (unpaired) electrons. The molecule has 3 saturated heterocycles. The van der Waals surface area contributed by atoms with Gasteiger partial charge in [-0.15, -0.1) is 0 Å². The molecule has 1 aromatic rings. The van der Waals surface area contributed by atoms with Gasteiger partial charge in [0.1, 0.15) is 0 Å². The largest absolute Gasteiger partial charge is 0.342 e. The summed E-state index contributed by atoms with van der Waals surface area (Å²) in [4.78, 5) is 42.1. The van der Waals surface area contributed by atoms with Gasteiger partial charge in [-0.3, -0.25) is 14.4 Å². The number of nitrogens with one attached hydrogen (secondary N) is 1. The van der Waals surface area contributed by atoms with Crippen LogP contribution in [-0.4, -0.2) is 83.3 Å². The topological polar surface area (TPSA) is 90.2 Å². The van der Waals surface area contributed by atoms with E-state index in [0.717, 1.165) is 32.7 Å². The second-order valence-corrected chi connectivity index (χ2v) is 8.90. The third-order valence-corrected chi connectivity index (χ3v) is 6.82. The minimum absolute atomic E-state index is 0.0762. The van der Waals surface area contributed by atoms with Crippen LogP contribution >= 0.6 is 0 Å². The van der Waals surface area contributed by atoms with Crippen molar-refractivity contribution in [1.82, 2.24) is 24.7 Å². The highest BCUT2D eigenvalue weighted by molar-refractivity contribution is 5.94. The fourth-order valence-corrected chi connectivity index (χ4v) is 4.75. The van der Waals surface area contributed by atoms with Gasteiger partial charge in [-0.2, -0.15) is 5.10 Å². The number of aryl methyl sites for hydroxylation is 1. The van der Waals surface area contributed by atoms with Crippen LogP contribution in [0.25, 0.3) is 0 Å².